The fraction of sp³-hybridized carbons (Fsp3) is 0.200. The smallest absolute Gasteiger partial charge is 0.417 e. The average Bonchev–Trinajstić information content (AvgIpc) is 2.55. The molecule has 0 saturated heterocycles. The van der Waals surface area contributed by atoms with E-state index in [1.807, 2.05) is 4.98 Å². The minimum absolute atomic E-state index is 0.125. The van der Waals surface area contributed by atoms with Crippen molar-refractivity contribution in [1.82, 2.24) is 4.98 Å². The van der Waals surface area contributed by atoms with Crippen molar-refractivity contribution in [3.05, 3.63) is 52.4 Å². The van der Waals surface area contributed by atoms with E-state index in [1.54, 1.807) is 24.3 Å². The molecule has 3 rings (SSSR count). The third kappa shape index (κ3) is 3.19. The van der Waals surface area contributed by atoms with Crippen molar-refractivity contribution in [1.29, 1.82) is 0 Å². The number of rotatable bonds is 2. The van der Waals surface area contributed by atoms with Gasteiger partial charge in [0.05, 0.1) is 5.56 Å². The van der Waals surface area contributed by atoms with Crippen molar-refractivity contribution in [2.45, 2.75) is 12.3 Å². The zero-order valence-corrected chi connectivity index (χ0v) is 12.0. The van der Waals surface area contributed by atoms with E-state index < -0.39 is 35.0 Å². The predicted molar refractivity (Wildman–Crippen MR) is 77.0 cm³/mol. The highest BCUT2D eigenvalue weighted by atomic mass is 19.4. The molecule has 1 aromatic heterocycles. The van der Waals surface area contributed by atoms with Crippen molar-refractivity contribution in [3.63, 3.8) is 0 Å². The maximum atomic E-state index is 12.7. The van der Waals surface area contributed by atoms with Crippen LogP contribution in [0.2, 0.25) is 0 Å². The van der Waals surface area contributed by atoms with E-state index in [9.17, 15) is 22.8 Å². The maximum Gasteiger partial charge on any atom is 0.417 e. The summed E-state index contributed by atoms with van der Waals surface area (Å²) in [6, 6.07) is 7.21. The molecule has 1 aliphatic rings. The van der Waals surface area contributed by atoms with Crippen LogP contribution in [0.4, 0.5) is 18.9 Å². The fourth-order valence-corrected chi connectivity index (χ4v) is 2.10. The van der Waals surface area contributed by atoms with E-state index >= 15 is 0 Å². The van der Waals surface area contributed by atoms with Gasteiger partial charge in [0, 0.05) is 6.20 Å². The number of amides is 1. The van der Waals surface area contributed by atoms with Crippen LogP contribution < -0.4 is 20.3 Å². The van der Waals surface area contributed by atoms with E-state index in [2.05, 4.69) is 5.32 Å². The van der Waals surface area contributed by atoms with Gasteiger partial charge in [-0.05, 0) is 18.2 Å². The Morgan fingerprint density at radius 3 is 2.67 bits per heavy atom. The van der Waals surface area contributed by atoms with E-state index in [0.29, 0.717) is 23.8 Å². The number of ether oxygens (including phenoxy) is 2. The summed E-state index contributed by atoms with van der Waals surface area (Å²) in [6.07, 6.45) is -5.20. The minimum atomic E-state index is -4.65. The molecule has 0 aliphatic carbocycles. The highest BCUT2D eigenvalue weighted by Gasteiger charge is 2.32. The van der Waals surface area contributed by atoms with Crippen molar-refractivity contribution in [3.8, 4) is 11.5 Å². The van der Waals surface area contributed by atoms with Crippen molar-refractivity contribution < 1.29 is 27.4 Å². The molecule has 9 heteroatoms. The van der Waals surface area contributed by atoms with Gasteiger partial charge in [0.25, 0.3) is 11.5 Å². The zero-order chi connectivity index (χ0) is 17.3. The molecule has 0 radical (unpaired) electrons. The Balaban J connectivity index is 1.77. The normalized spacial score (nSPS) is 16.5. The zero-order valence-electron chi connectivity index (χ0n) is 12.0. The number of aromatic amines is 1. The van der Waals surface area contributed by atoms with Gasteiger partial charge in [-0.2, -0.15) is 13.2 Å². The lowest BCUT2D eigenvalue weighted by Gasteiger charge is -2.25. The lowest BCUT2D eigenvalue weighted by atomic mass is 10.2. The Kier molecular flexibility index (Phi) is 3.92. The molecule has 0 spiro atoms. The number of nitrogens with one attached hydrogen (secondary N) is 2. The van der Waals surface area contributed by atoms with Crippen LogP contribution in [0.3, 0.4) is 0 Å². The second-order valence-corrected chi connectivity index (χ2v) is 4.98. The average molecular weight is 340 g/mol. The number of alkyl halides is 3. The molecule has 1 aromatic carbocycles. The Morgan fingerprint density at radius 2 is 1.96 bits per heavy atom. The molecule has 2 aromatic rings. The van der Waals surface area contributed by atoms with Gasteiger partial charge in [0.2, 0.25) is 6.10 Å². The number of benzene rings is 1. The third-order valence-corrected chi connectivity index (χ3v) is 3.29. The largest absolute Gasteiger partial charge is 0.485 e. The van der Waals surface area contributed by atoms with Gasteiger partial charge in [0.15, 0.2) is 11.5 Å². The predicted octanol–water partition coefficient (Wildman–Crippen LogP) is 2.17. The molecule has 2 heterocycles. The van der Waals surface area contributed by atoms with E-state index in [4.69, 9.17) is 9.47 Å². The molecule has 2 N–H and O–H groups in total. The number of aromatic nitrogens is 1. The van der Waals surface area contributed by atoms with Gasteiger partial charge in [-0.1, -0.05) is 12.1 Å². The molecule has 6 nitrogen and oxygen atoms in total. The monoisotopic (exact) mass is 340 g/mol. The maximum absolute atomic E-state index is 12.7. The molecule has 1 amide bonds. The molecule has 1 atom stereocenters. The van der Waals surface area contributed by atoms with E-state index in [0.717, 1.165) is 0 Å². The van der Waals surface area contributed by atoms with Crippen LogP contribution in [0.15, 0.2) is 41.3 Å². The lowest BCUT2D eigenvalue weighted by molar-refractivity contribution is -0.137. The van der Waals surface area contributed by atoms with E-state index in [-0.39, 0.29) is 6.61 Å². The highest BCUT2D eigenvalue weighted by Crippen LogP contribution is 2.31. The highest BCUT2D eigenvalue weighted by molar-refractivity contribution is 5.94. The van der Waals surface area contributed by atoms with Crippen LogP contribution in [0.1, 0.15) is 5.56 Å². The molecule has 1 unspecified atom stereocenters. The topological polar surface area (TPSA) is 80.4 Å². The summed E-state index contributed by atoms with van der Waals surface area (Å²) in [5, 5.41) is 2.14. The molecule has 126 valence electrons. The first-order valence-electron chi connectivity index (χ1n) is 6.84. The summed E-state index contributed by atoms with van der Waals surface area (Å²) in [5.74, 6) is 0.00893. The van der Waals surface area contributed by atoms with Gasteiger partial charge in [0.1, 0.15) is 12.3 Å². The van der Waals surface area contributed by atoms with Gasteiger partial charge in [-0.3, -0.25) is 9.59 Å². The SMILES string of the molecule is O=C(Nc1cc(C(F)(F)F)c[nH]c1=O)C1COc2ccccc2O1. The summed E-state index contributed by atoms with van der Waals surface area (Å²) < 4.78 is 48.8. The van der Waals surface area contributed by atoms with Crippen LogP contribution >= 0.6 is 0 Å². The minimum Gasteiger partial charge on any atom is -0.485 e. The summed E-state index contributed by atoms with van der Waals surface area (Å²) in [4.78, 5) is 25.7. The summed E-state index contributed by atoms with van der Waals surface area (Å²) in [6.45, 7) is -0.125. The number of anilines is 1. The number of para-hydroxylation sites is 2. The van der Waals surface area contributed by atoms with Gasteiger partial charge in [-0.15, -0.1) is 0 Å². The second kappa shape index (κ2) is 5.91. The van der Waals surface area contributed by atoms with E-state index in [1.165, 1.54) is 0 Å². The Labute approximate surface area is 133 Å². The van der Waals surface area contributed by atoms with Gasteiger partial charge in [-0.25, -0.2) is 0 Å². The standard InChI is InChI=1S/C15H11F3N2O4/c16-15(17,18)8-5-9(13(21)19-6-8)20-14(22)12-7-23-10-3-1-2-4-11(10)24-12/h1-6,12H,7H2,(H,19,21)(H,20,22). The van der Waals surface area contributed by atoms with Gasteiger partial charge < -0.3 is 19.8 Å². The molecule has 0 saturated carbocycles. The molecule has 24 heavy (non-hydrogen) atoms. The second-order valence-electron chi connectivity index (χ2n) is 4.98. The number of hydrogen-bond acceptors (Lipinski definition) is 4. The van der Waals surface area contributed by atoms with Crippen molar-refractivity contribution >= 4 is 11.6 Å². The number of pyridine rings is 1. The van der Waals surface area contributed by atoms with Crippen molar-refractivity contribution in [2.75, 3.05) is 11.9 Å². The quantitative estimate of drug-likeness (QED) is 0.878. The van der Waals surface area contributed by atoms with Crippen molar-refractivity contribution in [2.24, 2.45) is 0 Å². The molecular weight excluding hydrogens is 329 g/mol. The van der Waals surface area contributed by atoms with Crippen LogP contribution in [-0.2, 0) is 11.0 Å². The molecule has 0 fully saturated rings. The Morgan fingerprint density at radius 1 is 1.25 bits per heavy atom. The van der Waals surface area contributed by atoms with Crippen LogP contribution in [-0.4, -0.2) is 23.6 Å². The Hall–Kier alpha value is -2.97. The molecule has 0 bridgehead atoms. The first-order valence-corrected chi connectivity index (χ1v) is 6.84. The third-order valence-electron chi connectivity index (χ3n) is 3.29. The van der Waals surface area contributed by atoms with Crippen LogP contribution in [0.5, 0.6) is 11.5 Å². The summed E-state index contributed by atoms with van der Waals surface area (Å²) in [7, 11) is 0. The van der Waals surface area contributed by atoms with Crippen LogP contribution in [0.25, 0.3) is 0 Å². The number of hydrogen-bond donors (Lipinski definition) is 2. The number of H-pyrrole nitrogens is 1. The number of fused-ring (bicyclic) bond motifs is 1. The Bertz CT molecular complexity index is 832. The number of carbonyl (C=O) groups is 1. The number of carbonyl (C=O) groups excluding carboxylic acids is 1. The van der Waals surface area contributed by atoms with Crippen LogP contribution in [0, 0.1) is 0 Å². The molecule has 1 aliphatic heterocycles. The number of halogens is 3. The summed E-state index contributed by atoms with van der Waals surface area (Å²) in [5.41, 5.74) is -2.45. The summed E-state index contributed by atoms with van der Waals surface area (Å²) >= 11 is 0. The first kappa shape index (κ1) is 15.9. The van der Waals surface area contributed by atoms with Gasteiger partial charge >= 0.3 is 6.18 Å². The first-order chi connectivity index (χ1) is 11.3. The molecular formula is C15H11F3N2O4. The fourth-order valence-electron chi connectivity index (χ4n) is 2.10. The lowest BCUT2D eigenvalue weighted by Crippen LogP contribution is -2.41.